The lowest BCUT2D eigenvalue weighted by atomic mass is 10.0. The number of carbonyl (C=O) groups is 2. The maximum absolute atomic E-state index is 11.1. The summed E-state index contributed by atoms with van der Waals surface area (Å²) in [6.45, 7) is 2.87. The fraction of sp³-hybridized carbons (Fsp3) is 0.818. The van der Waals surface area contributed by atoms with E-state index < -0.39 is 42.6 Å². The van der Waals surface area contributed by atoms with E-state index in [1.807, 2.05) is 0 Å². The molecule has 0 N–H and O–H groups in total. The highest BCUT2D eigenvalue weighted by Crippen LogP contribution is 2.33. The first-order valence-electron chi connectivity index (χ1n) is 5.67. The van der Waals surface area contributed by atoms with E-state index in [-0.39, 0.29) is 6.61 Å². The molecule has 0 spiro atoms. The van der Waals surface area contributed by atoms with Crippen molar-refractivity contribution in [1.29, 1.82) is 0 Å². The summed E-state index contributed by atoms with van der Waals surface area (Å²) in [5.41, 5.74) is 0. The second-order valence-electron chi connectivity index (χ2n) is 4.22. The number of rotatable bonds is 3. The minimum Gasteiger partial charge on any atom is -0.457 e. The molecule has 2 heterocycles. The normalized spacial score (nSPS) is 38.3. The number of hydrogen-bond donors (Lipinski definition) is 0. The summed E-state index contributed by atoms with van der Waals surface area (Å²) < 4.78 is 26.4. The highest BCUT2D eigenvalue weighted by Gasteiger charge is 2.55. The van der Waals surface area contributed by atoms with Crippen LogP contribution in [0.15, 0.2) is 0 Å². The molecule has 0 aromatic rings. The van der Waals surface area contributed by atoms with Crippen LogP contribution >= 0.6 is 0 Å². The summed E-state index contributed by atoms with van der Waals surface area (Å²) in [6.07, 6.45) is -2.97. The van der Waals surface area contributed by atoms with E-state index >= 15 is 0 Å². The van der Waals surface area contributed by atoms with Crippen LogP contribution in [0.25, 0.3) is 0 Å². The topological polar surface area (TPSA) is 80.3 Å². The van der Waals surface area contributed by atoms with E-state index in [1.54, 1.807) is 0 Å². The fourth-order valence-corrected chi connectivity index (χ4v) is 2.25. The van der Waals surface area contributed by atoms with E-state index in [0.717, 1.165) is 0 Å². The molecule has 102 valence electrons. The van der Waals surface area contributed by atoms with Gasteiger partial charge in [-0.15, -0.1) is 0 Å². The standard InChI is InChI=1S/C11H16O7/c1-5(12)16-8-7-4-15-9(8)10(17-6(2)13)11(14-3)18-7/h7-11H,4H2,1-3H3/t7-,8+,9-,10+,11-/m1/s1. The number of esters is 2. The second kappa shape index (κ2) is 5.21. The Bertz CT molecular complexity index is 342. The van der Waals surface area contributed by atoms with E-state index in [0.29, 0.717) is 0 Å². The summed E-state index contributed by atoms with van der Waals surface area (Å²) in [6, 6.07) is 0. The largest absolute Gasteiger partial charge is 0.457 e. The predicted molar refractivity (Wildman–Crippen MR) is 56.5 cm³/mol. The van der Waals surface area contributed by atoms with Gasteiger partial charge in [0.2, 0.25) is 0 Å². The molecule has 2 rings (SSSR count). The highest BCUT2D eigenvalue weighted by molar-refractivity contribution is 5.67. The van der Waals surface area contributed by atoms with Crippen LogP contribution in [-0.4, -0.2) is 56.4 Å². The third-order valence-electron chi connectivity index (χ3n) is 2.88. The SMILES string of the molecule is CO[C@@H]1O[C@@H]2CO[C@@H]([C@@H]1OC(C)=O)[C@H]2OC(C)=O. The van der Waals surface area contributed by atoms with Crippen LogP contribution in [0.5, 0.6) is 0 Å². The van der Waals surface area contributed by atoms with Crippen molar-refractivity contribution in [2.24, 2.45) is 0 Å². The molecule has 2 saturated heterocycles. The van der Waals surface area contributed by atoms with E-state index in [4.69, 9.17) is 23.7 Å². The molecule has 0 radical (unpaired) electrons. The Morgan fingerprint density at radius 1 is 1.11 bits per heavy atom. The van der Waals surface area contributed by atoms with Crippen molar-refractivity contribution in [2.75, 3.05) is 13.7 Å². The summed E-state index contributed by atoms with van der Waals surface area (Å²) in [5.74, 6) is -0.900. The Morgan fingerprint density at radius 3 is 2.28 bits per heavy atom. The molecule has 7 nitrogen and oxygen atoms in total. The summed E-state index contributed by atoms with van der Waals surface area (Å²) in [4.78, 5) is 22.1. The van der Waals surface area contributed by atoms with Crippen LogP contribution < -0.4 is 0 Å². The van der Waals surface area contributed by atoms with Crippen molar-refractivity contribution in [2.45, 2.75) is 44.6 Å². The molecule has 2 bridgehead atoms. The lowest BCUT2D eigenvalue weighted by Gasteiger charge is -2.37. The first-order valence-corrected chi connectivity index (χ1v) is 5.67. The van der Waals surface area contributed by atoms with E-state index in [9.17, 15) is 9.59 Å². The third-order valence-corrected chi connectivity index (χ3v) is 2.88. The summed E-state index contributed by atoms with van der Waals surface area (Å²) >= 11 is 0. The van der Waals surface area contributed by atoms with Gasteiger partial charge >= 0.3 is 11.9 Å². The zero-order chi connectivity index (χ0) is 13.3. The Balaban J connectivity index is 2.14. The van der Waals surface area contributed by atoms with Crippen molar-refractivity contribution in [3.63, 3.8) is 0 Å². The monoisotopic (exact) mass is 260 g/mol. The Hall–Kier alpha value is -1.18. The second-order valence-corrected chi connectivity index (χ2v) is 4.22. The van der Waals surface area contributed by atoms with Crippen molar-refractivity contribution in [3.05, 3.63) is 0 Å². The molecule has 5 atom stereocenters. The molecular formula is C11H16O7. The zero-order valence-electron chi connectivity index (χ0n) is 10.5. The fourth-order valence-electron chi connectivity index (χ4n) is 2.25. The molecule has 2 aliphatic rings. The zero-order valence-corrected chi connectivity index (χ0v) is 10.5. The first-order chi connectivity index (χ1) is 8.52. The third kappa shape index (κ3) is 2.47. The van der Waals surface area contributed by atoms with E-state index in [2.05, 4.69) is 0 Å². The van der Waals surface area contributed by atoms with Crippen LogP contribution in [0.2, 0.25) is 0 Å². The van der Waals surface area contributed by atoms with Crippen LogP contribution in [0.3, 0.4) is 0 Å². The van der Waals surface area contributed by atoms with Gasteiger partial charge in [0.05, 0.1) is 6.61 Å². The Kier molecular flexibility index (Phi) is 3.84. The molecule has 7 heteroatoms. The van der Waals surface area contributed by atoms with E-state index in [1.165, 1.54) is 21.0 Å². The molecular weight excluding hydrogens is 244 g/mol. The molecule has 0 saturated carbocycles. The summed E-state index contributed by atoms with van der Waals surface area (Å²) in [7, 11) is 1.45. The van der Waals surface area contributed by atoms with Crippen molar-refractivity contribution < 1.29 is 33.3 Å². The maximum Gasteiger partial charge on any atom is 0.303 e. The quantitative estimate of drug-likeness (QED) is 0.640. The smallest absolute Gasteiger partial charge is 0.303 e. The van der Waals surface area contributed by atoms with Crippen molar-refractivity contribution >= 4 is 11.9 Å². The minimum atomic E-state index is -0.740. The number of fused-ring (bicyclic) bond motifs is 2. The maximum atomic E-state index is 11.1. The van der Waals surface area contributed by atoms with Gasteiger partial charge < -0.3 is 23.7 Å². The molecule has 18 heavy (non-hydrogen) atoms. The van der Waals surface area contributed by atoms with Crippen molar-refractivity contribution in [1.82, 2.24) is 0 Å². The Morgan fingerprint density at radius 2 is 1.72 bits per heavy atom. The highest BCUT2D eigenvalue weighted by atomic mass is 16.7. The average Bonchev–Trinajstić information content (AvgIpc) is 2.55. The van der Waals surface area contributed by atoms with Gasteiger partial charge in [-0.1, -0.05) is 0 Å². The van der Waals surface area contributed by atoms with Gasteiger partial charge in [0, 0.05) is 21.0 Å². The van der Waals surface area contributed by atoms with Crippen molar-refractivity contribution in [3.8, 4) is 0 Å². The molecule has 0 aromatic carbocycles. The van der Waals surface area contributed by atoms with Crippen LogP contribution in [0.1, 0.15) is 13.8 Å². The van der Waals surface area contributed by atoms with Gasteiger partial charge in [-0.3, -0.25) is 9.59 Å². The lowest BCUT2D eigenvalue weighted by Crippen LogP contribution is -2.56. The van der Waals surface area contributed by atoms with Crippen LogP contribution in [0.4, 0.5) is 0 Å². The van der Waals surface area contributed by atoms with Gasteiger partial charge in [0.1, 0.15) is 12.2 Å². The first kappa shape index (κ1) is 13.3. The number of methoxy groups -OCH3 is 1. The van der Waals surface area contributed by atoms with Gasteiger partial charge in [0.25, 0.3) is 0 Å². The van der Waals surface area contributed by atoms with Crippen LogP contribution in [0, 0.1) is 0 Å². The minimum absolute atomic E-state index is 0.278. The average molecular weight is 260 g/mol. The molecule has 0 amide bonds. The van der Waals surface area contributed by atoms with Gasteiger partial charge in [-0.2, -0.15) is 0 Å². The number of hydrogen-bond acceptors (Lipinski definition) is 7. The molecule has 2 fully saturated rings. The molecule has 0 aliphatic carbocycles. The summed E-state index contributed by atoms with van der Waals surface area (Å²) in [5, 5.41) is 0. The molecule has 0 aromatic heterocycles. The van der Waals surface area contributed by atoms with Gasteiger partial charge in [-0.25, -0.2) is 0 Å². The van der Waals surface area contributed by atoms with Crippen LogP contribution in [-0.2, 0) is 33.3 Å². The van der Waals surface area contributed by atoms with Gasteiger partial charge in [-0.05, 0) is 0 Å². The number of carbonyl (C=O) groups excluding carboxylic acids is 2. The molecule has 0 unspecified atom stereocenters. The predicted octanol–water partition coefficient (Wildman–Crippen LogP) is -0.380. The lowest BCUT2D eigenvalue weighted by molar-refractivity contribution is -0.262. The molecule has 2 aliphatic heterocycles. The Labute approximate surface area is 104 Å². The van der Waals surface area contributed by atoms with Gasteiger partial charge in [0.15, 0.2) is 18.5 Å². The number of ether oxygens (including phenoxy) is 5.